The Morgan fingerprint density at radius 2 is 2.25 bits per heavy atom. The molecule has 0 saturated heterocycles. The number of nitrogens with zero attached hydrogens (tertiary/aromatic N) is 3. The van der Waals surface area contributed by atoms with E-state index >= 15 is 0 Å². The summed E-state index contributed by atoms with van der Waals surface area (Å²) >= 11 is 9.73. The van der Waals surface area contributed by atoms with Crippen molar-refractivity contribution in [3.8, 4) is 0 Å². The van der Waals surface area contributed by atoms with E-state index < -0.39 is 0 Å². The van der Waals surface area contributed by atoms with Crippen LogP contribution in [-0.2, 0) is 19.9 Å². The zero-order chi connectivity index (χ0) is 14.7. The normalized spacial score (nSPS) is 12.7. The number of halogens is 2. The van der Waals surface area contributed by atoms with E-state index in [0.717, 1.165) is 28.0 Å². The van der Waals surface area contributed by atoms with Gasteiger partial charge in [0.05, 0.1) is 28.1 Å². The molecule has 2 aromatic rings. The molecule has 2 heterocycles. The molecule has 5 nitrogen and oxygen atoms in total. The molecule has 0 aliphatic rings. The first kappa shape index (κ1) is 15.4. The number of aryl methyl sites for hydroxylation is 2. The predicted molar refractivity (Wildman–Crippen MR) is 83.3 cm³/mol. The Bertz CT molecular complexity index is 581. The van der Waals surface area contributed by atoms with Gasteiger partial charge < -0.3 is 0 Å². The van der Waals surface area contributed by atoms with Crippen LogP contribution in [-0.4, -0.2) is 14.8 Å². The third-order valence-electron chi connectivity index (χ3n) is 3.21. The minimum atomic E-state index is -0.110. The summed E-state index contributed by atoms with van der Waals surface area (Å²) in [5.74, 6) is 5.66. The summed E-state index contributed by atoms with van der Waals surface area (Å²) in [6.45, 7) is 2.03. The quantitative estimate of drug-likeness (QED) is 0.636. The van der Waals surface area contributed by atoms with Crippen molar-refractivity contribution in [2.24, 2.45) is 12.9 Å². The van der Waals surface area contributed by atoms with Gasteiger partial charge in [-0.05, 0) is 34.5 Å². The van der Waals surface area contributed by atoms with Crippen molar-refractivity contribution < 1.29 is 0 Å². The highest BCUT2D eigenvalue weighted by Gasteiger charge is 2.19. The second kappa shape index (κ2) is 6.67. The molecule has 0 bridgehead atoms. The SMILES string of the molecule is CCc1nn(C)c(CC(NN)c2ccc(Br)cn2)c1Cl. The van der Waals surface area contributed by atoms with Crippen molar-refractivity contribution in [2.45, 2.75) is 25.8 Å². The minimum absolute atomic E-state index is 0.110. The lowest BCUT2D eigenvalue weighted by atomic mass is 10.1. The van der Waals surface area contributed by atoms with Crippen LogP contribution < -0.4 is 11.3 Å². The van der Waals surface area contributed by atoms with Gasteiger partial charge in [-0.15, -0.1) is 0 Å². The molecule has 0 radical (unpaired) electrons. The maximum absolute atomic E-state index is 6.36. The minimum Gasteiger partial charge on any atom is -0.271 e. The molecule has 1 unspecified atom stereocenters. The second-order valence-electron chi connectivity index (χ2n) is 4.51. The number of nitrogens with two attached hydrogens (primary N) is 1. The van der Waals surface area contributed by atoms with Crippen LogP contribution in [0.1, 0.15) is 30.0 Å². The molecule has 0 spiro atoms. The lowest BCUT2D eigenvalue weighted by molar-refractivity contribution is 0.518. The number of hydrazine groups is 1. The van der Waals surface area contributed by atoms with Crippen molar-refractivity contribution >= 4 is 27.5 Å². The number of nitrogens with one attached hydrogen (secondary N) is 1. The Balaban J connectivity index is 2.26. The summed E-state index contributed by atoms with van der Waals surface area (Å²) < 4.78 is 2.74. The Labute approximate surface area is 131 Å². The number of hydrogen-bond acceptors (Lipinski definition) is 4. The highest BCUT2D eigenvalue weighted by atomic mass is 79.9. The molecule has 0 saturated carbocycles. The van der Waals surface area contributed by atoms with Gasteiger partial charge in [0.1, 0.15) is 0 Å². The Hall–Kier alpha value is -0.950. The maximum atomic E-state index is 6.36. The fourth-order valence-corrected chi connectivity index (χ4v) is 2.68. The van der Waals surface area contributed by atoms with Crippen molar-refractivity contribution in [3.63, 3.8) is 0 Å². The van der Waals surface area contributed by atoms with Crippen molar-refractivity contribution in [2.75, 3.05) is 0 Å². The van der Waals surface area contributed by atoms with Crippen LogP contribution in [0.2, 0.25) is 5.02 Å². The van der Waals surface area contributed by atoms with E-state index in [4.69, 9.17) is 17.4 Å². The molecule has 1 atom stereocenters. The third kappa shape index (κ3) is 3.20. The van der Waals surface area contributed by atoms with Gasteiger partial charge in [-0.3, -0.25) is 20.9 Å². The molecule has 3 N–H and O–H groups in total. The van der Waals surface area contributed by atoms with Crippen LogP contribution >= 0.6 is 27.5 Å². The van der Waals surface area contributed by atoms with Crippen LogP contribution in [0, 0.1) is 0 Å². The number of rotatable bonds is 5. The van der Waals surface area contributed by atoms with Crippen LogP contribution in [0.5, 0.6) is 0 Å². The van der Waals surface area contributed by atoms with E-state index in [1.807, 2.05) is 30.8 Å². The Morgan fingerprint density at radius 3 is 2.75 bits per heavy atom. The monoisotopic (exact) mass is 357 g/mol. The molecule has 2 rings (SSSR count). The van der Waals surface area contributed by atoms with Gasteiger partial charge in [0.15, 0.2) is 0 Å². The molecular weight excluding hydrogens is 342 g/mol. The fraction of sp³-hybridized carbons (Fsp3) is 0.385. The van der Waals surface area contributed by atoms with E-state index in [2.05, 4.69) is 31.4 Å². The maximum Gasteiger partial charge on any atom is 0.0850 e. The van der Waals surface area contributed by atoms with Crippen molar-refractivity contribution in [1.29, 1.82) is 0 Å². The molecule has 0 aliphatic carbocycles. The van der Waals surface area contributed by atoms with Gasteiger partial charge in [0.25, 0.3) is 0 Å². The van der Waals surface area contributed by atoms with E-state index in [0.29, 0.717) is 11.4 Å². The lowest BCUT2D eigenvalue weighted by Gasteiger charge is -2.15. The van der Waals surface area contributed by atoms with Gasteiger partial charge in [-0.2, -0.15) is 5.10 Å². The molecule has 0 aromatic carbocycles. The Kier molecular flexibility index (Phi) is 5.15. The van der Waals surface area contributed by atoms with Crippen LogP contribution in [0.15, 0.2) is 22.8 Å². The van der Waals surface area contributed by atoms with E-state index in [9.17, 15) is 0 Å². The van der Waals surface area contributed by atoms with Gasteiger partial charge in [-0.1, -0.05) is 18.5 Å². The fourth-order valence-electron chi connectivity index (χ4n) is 2.08. The van der Waals surface area contributed by atoms with Crippen LogP contribution in [0.3, 0.4) is 0 Å². The van der Waals surface area contributed by atoms with Crippen molar-refractivity contribution in [3.05, 3.63) is 44.9 Å². The third-order valence-corrected chi connectivity index (χ3v) is 4.11. The molecule has 0 aliphatic heterocycles. The average Bonchev–Trinajstić information content (AvgIpc) is 2.72. The number of hydrogen-bond donors (Lipinski definition) is 2. The van der Waals surface area contributed by atoms with Gasteiger partial charge in [0.2, 0.25) is 0 Å². The number of pyridine rings is 1. The van der Waals surface area contributed by atoms with Gasteiger partial charge in [-0.25, -0.2) is 0 Å². The summed E-state index contributed by atoms with van der Waals surface area (Å²) in [6, 6.07) is 3.76. The molecule has 20 heavy (non-hydrogen) atoms. The van der Waals surface area contributed by atoms with E-state index in [1.165, 1.54) is 0 Å². The summed E-state index contributed by atoms with van der Waals surface area (Å²) in [5.41, 5.74) is 5.52. The largest absolute Gasteiger partial charge is 0.271 e. The smallest absolute Gasteiger partial charge is 0.0850 e. The molecule has 7 heteroatoms. The first-order valence-electron chi connectivity index (χ1n) is 6.34. The Morgan fingerprint density at radius 1 is 1.50 bits per heavy atom. The van der Waals surface area contributed by atoms with E-state index in [-0.39, 0.29) is 6.04 Å². The summed E-state index contributed by atoms with van der Waals surface area (Å²) in [4.78, 5) is 4.37. The second-order valence-corrected chi connectivity index (χ2v) is 5.80. The molecule has 2 aromatic heterocycles. The van der Waals surface area contributed by atoms with Crippen molar-refractivity contribution in [1.82, 2.24) is 20.2 Å². The van der Waals surface area contributed by atoms with Gasteiger partial charge in [0, 0.05) is 24.1 Å². The topological polar surface area (TPSA) is 68.8 Å². The average molecular weight is 359 g/mol. The lowest BCUT2D eigenvalue weighted by Crippen LogP contribution is -2.30. The van der Waals surface area contributed by atoms with Crippen LogP contribution in [0.4, 0.5) is 0 Å². The number of aromatic nitrogens is 3. The highest BCUT2D eigenvalue weighted by Crippen LogP contribution is 2.25. The summed E-state index contributed by atoms with van der Waals surface area (Å²) in [7, 11) is 1.89. The van der Waals surface area contributed by atoms with Gasteiger partial charge >= 0.3 is 0 Å². The molecule has 0 amide bonds. The summed E-state index contributed by atoms with van der Waals surface area (Å²) in [6.07, 6.45) is 3.19. The zero-order valence-corrected chi connectivity index (χ0v) is 13.7. The predicted octanol–water partition coefficient (Wildman–Crippen LogP) is 2.54. The standard InChI is InChI=1S/C13H17BrClN5/c1-3-9-13(15)12(20(2)19-9)6-11(18-16)10-5-4-8(14)7-17-10/h4-5,7,11,18H,3,6,16H2,1-2H3. The molecular formula is C13H17BrClN5. The first-order valence-corrected chi connectivity index (χ1v) is 7.51. The zero-order valence-electron chi connectivity index (χ0n) is 11.4. The van der Waals surface area contributed by atoms with E-state index in [1.54, 1.807) is 6.20 Å². The highest BCUT2D eigenvalue weighted by molar-refractivity contribution is 9.10. The first-order chi connectivity index (χ1) is 9.56. The summed E-state index contributed by atoms with van der Waals surface area (Å²) in [5, 5.41) is 5.13. The molecule has 108 valence electrons. The molecule has 0 fully saturated rings. The van der Waals surface area contributed by atoms with Crippen LogP contribution in [0.25, 0.3) is 0 Å².